The van der Waals surface area contributed by atoms with E-state index in [1.54, 1.807) is 11.3 Å². The number of rotatable bonds is 5. The average Bonchev–Trinajstić information content (AvgIpc) is 2.90. The van der Waals surface area contributed by atoms with Gasteiger partial charge in [0.25, 0.3) is 0 Å². The molecule has 2 aromatic heterocycles. The summed E-state index contributed by atoms with van der Waals surface area (Å²) in [5, 5.41) is 5.70. The first kappa shape index (κ1) is 12.4. The topological polar surface area (TPSA) is 25.2 Å². The van der Waals surface area contributed by atoms with Crippen molar-refractivity contribution in [3.8, 4) is 0 Å². The predicted octanol–water partition coefficient (Wildman–Crippen LogP) is 4.05. The fourth-order valence-corrected chi connectivity index (χ4v) is 2.70. The van der Waals surface area contributed by atoms with Crippen molar-refractivity contribution in [3.63, 3.8) is 0 Å². The Labute approximate surface area is 107 Å². The van der Waals surface area contributed by atoms with Crippen LogP contribution in [0.25, 0.3) is 0 Å². The number of aryl methyl sites for hydroxylation is 2. The molecule has 2 rings (SSSR count). The van der Waals surface area contributed by atoms with Crippen LogP contribution in [0, 0.1) is 13.8 Å². The van der Waals surface area contributed by atoms with E-state index in [0.717, 1.165) is 24.5 Å². The van der Waals surface area contributed by atoms with Gasteiger partial charge in [0.2, 0.25) is 0 Å². The van der Waals surface area contributed by atoms with Crippen molar-refractivity contribution in [2.45, 2.75) is 33.2 Å². The molecule has 1 unspecified atom stereocenters. The van der Waals surface area contributed by atoms with Crippen molar-refractivity contribution < 1.29 is 4.42 Å². The molecule has 0 aliphatic carbocycles. The molecule has 92 valence electrons. The third kappa shape index (κ3) is 2.79. The van der Waals surface area contributed by atoms with Gasteiger partial charge in [0.05, 0.1) is 6.04 Å². The van der Waals surface area contributed by atoms with Crippen LogP contribution in [0.15, 0.2) is 28.0 Å². The Balaban J connectivity index is 2.28. The maximum absolute atomic E-state index is 5.76. The Bertz CT molecular complexity index is 472. The zero-order chi connectivity index (χ0) is 12.3. The Morgan fingerprint density at radius 2 is 2.12 bits per heavy atom. The summed E-state index contributed by atoms with van der Waals surface area (Å²) in [5.74, 6) is 1.98. The van der Waals surface area contributed by atoms with Gasteiger partial charge in [0, 0.05) is 4.88 Å². The molecule has 0 saturated heterocycles. The van der Waals surface area contributed by atoms with Gasteiger partial charge in [-0.25, -0.2) is 0 Å². The van der Waals surface area contributed by atoms with Gasteiger partial charge in [-0.15, -0.1) is 11.3 Å². The smallest absolute Gasteiger partial charge is 0.125 e. The second-order valence-corrected chi connectivity index (χ2v) is 5.39. The van der Waals surface area contributed by atoms with Crippen molar-refractivity contribution in [2.75, 3.05) is 6.54 Å². The van der Waals surface area contributed by atoms with Crippen LogP contribution in [-0.4, -0.2) is 6.54 Å². The second kappa shape index (κ2) is 5.52. The lowest BCUT2D eigenvalue weighted by molar-refractivity contribution is 0.430. The first-order valence-corrected chi connectivity index (χ1v) is 6.94. The highest BCUT2D eigenvalue weighted by Gasteiger charge is 2.19. The first-order valence-electron chi connectivity index (χ1n) is 6.06. The minimum absolute atomic E-state index is 0.190. The van der Waals surface area contributed by atoms with Gasteiger partial charge in [-0.05, 0) is 56.0 Å². The highest BCUT2D eigenvalue weighted by Crippen LogP contribution is 2.29. The maximum atomic E-state index is 5.76. The molecule has 0 bridgehead atoms. The Morgan fingerprint density at radius 1 is 1.29 bits per heavy atom. The minimum Gasteiger partial charge on any atom is -0.464 e. The molecule has 3 heteroatoms. The van der Waals surface area contributed by atoms with E-state index in [1.165, 1.54) is 10.4 Å². The lowest BCUT2D eigenvalue weighted by atomic mass is 10.1. The van der Waals surface area contributed by atoms with Gasteiger partial charge in [-0.3, -0.25) is 0 Å². The average molecular weight is 249 g/mol. The predicted molar refractivity (Wildman–Crippen MR) is 72.6 cm³/mol. The lowest BCUT2D eigenvalue weighted by Gasteiger charge is -2.16. The molecule has 0 amide bonds. The molecule has 17 heavy (non-hydrogen) atoms. The largest absolute Gasteiger partial charge is 0.464 e. The quantitative estimate of drug-likeness (QED) is 0.865. The van der Waals surface area contributed by atoms with Crippen LogP contribution in [0.4, 0.5) is 0 Å². The van der Waals surface area contributed by atoms with Gasteiger partial charge in [-0.2, -0.15) is 0 Å². The van der Waals surface area contributed by atoms with Gasteiger partial charge >= 0.3 is 0 Å². The molecular formula is C14H19NOS. The molecular weight excluding hydrogens is 230 g/mol. The zero-order valence-electron chi connectivity index (χ0n) is 10.6. The monoisotopic (exact) mass is 249 g/mol. The normalized spacial score (nSPS) is 12.9. The zero-order valence-corrected chi connectivity index (χ0v) is 11.4. The van der Waals surface area contributed by atoms with Gasteiger partial charge < -0.3 is 9.73 Å². The highest BCUT2D eigenvalue weighted by atomic mass is 32.1. The number of hydrogen-bond donors (Lipinski definition) is 1. The SMILES string of the molecule is CCCNC(c1ccc(C)o1)c1ccsc1C. The fraction of sp³-hybridized carbons (Fsp3) is 0.429. The minimum atomic E-state index is 0.190. The van der Waals surface area contributed by atoms with E-state index in [2.05, 4.69) is 36.7 Å². The summed E-state index contributed by atoms with van der Waals surface area (Å²) in [6.07, 6.45) is 1.12. The first-order chi connectivity index (χ1) is 8.22. The molecule has 0 radical (unpaired) electrons. The van der Waals surface area contributed by atoms with Crippen molar-refractivity contribution >= 4 is 11.3 Å². The molecule has 1 atom stereocenters. The third-order valence-corrected chi connectivity index (χ3v) is 3.72. The molecule has 0 aromatic carbocycles. The highest BCUT2D eigenvalue weighted by molar-refractivity contribution is 7.10. The molecule has 1 N–H and O–H groups in total. The lowest BCUT2D eigenvalue weighted by Crippen LogP contribution is -2.22. The summed E-state index contributed by atoms with van der Waals surface area (Å²) in [6.45, 7) is 7.33. The van der Waals surface area contributed by atoms with E-state index in [4.69, 9.17) is 4.42 Å². The number of furan rings is 1. The maximum Gasteiger partial charge on any atom is 0.125 e. The molecule has 0 fully saturated rings. The summed E-state index contributed by atoms with van der Waals surface area (Å²) in [7, 11) is 0. The van der Waals surface area contributed by atoms with Crippen LogP contribution in [0.3, 0.4) is 0 Å². The van der Waals surface area contributed by atoms with E-state index in [0.29, 0.717) is 0 Å². The summed E-state index contributed by atoms with van der Waals surface area (Å²) in [6, 6.07) is 6.47. The molecule has 0 spiro atoms. The standard InChI is InChI=1S/C14H19NOS/c1-4-8-15-14(12-7-9-17-11(12)3)13-6-5-10(2)16-13/h5-7,9,14-15H,4,8H2,1-3H3. The van der Waals surface area contributed by atoms with Crippen LogP contribution >= 0.6 is 11.3 Å². The van der Waals surface area contributed by atoms with Crippen molar-refractivity contribution in [3.05, 3.63) is 45.5 Å². The molecule has 2 aromatic rings. The fourth-order valence-electron chi connectivity index (χ4n) is 1.96. The number of thiophene rings is 1. The van der Waals surface area contributed by atoms with Crippen LogP contribution in [0.5, 0.6) is 0 Å². The molecule has 0 saturated carbocycles. The number of nitrogens with one attached hydrogen (secondary N) is 1. The number of hydrogen-bond acceptors (Lipinski definition) is 3. The van der Waals surface area contributed by atoms with Crippen LogP contribution in [0.1, 0.15) is 41.3 Å². The van der Waals surface area contributed by atoms with Crippen LogP contribution < -0.4 is 5.32 Å². The second-order valence-electron chi connectivity index (χ2n) is 4.27. The Hall–Kier alpha value is -1.06. The van der Waals surface area contributed by atoms with Crippen LogP contribution in [0.2, 0.25) is 0 Å². The summed E-state index contributed by atoms with van der Waals surface area (Å²) >= 11 is 1.79. The van der Waals surface area contributed by atoms with E-state index in [1.807, 2.05) is 13.0 Å². The molecule has 2 nitrogen and oxygen atoms in total. The van der Waals surface area contributed by atoms with Crippen LogP contribution in [-0.2, 0) is 0 Å². The summed E-state index contributed by atoms with van der Waals surface area (Å²) < 4.78 is 5.76. The molecule has 2 heterocycles. The van der Waals surface area contributed by atoms with Gasteiger partial charge in [0.15, 0.2) is 0 Å². The van der Waals surface area contributed by atoms with Gasteiger partial charge in [-0.1, -0.05) is 6.92 Å². The van der Waals surface area contributed by atoms with E-state index in [-0.39, 0.29) is 6.04 Å². The third-order valence-electron chi connectivity index (χ3n) is 2.85. The summed E-state index contributed by atoms with van der Waals surface area (Å²) in [5.41, 5.74) is 1.33. The van der Waals surface area contributed by atoms with Crippen molar-refractivity contribution in [2.24, 2.45) is 0 Å². The van der Waals surface area contributed by atoms with E-state index >= 15 is 0 Å². The van der Waals surface area contributed by atoms with E-state index in [9.17, 15) is 0 Å². The Morgan fingerprint density at radius 3 is 2.65 bits per heavy atom. The molecule has 0 aliphatic rings. The summed E-state index contributed by atoms with van der Waals surface area (Å²) in [4.78, 5) is 1.35. The molecule has 0 aliphatic heterocycles. The van der Waals surface area contributed by atoms with Crippen molar-refractivity contribution in [1.82, 2.24) is 5.32 Å². The van der Waals surface area contributed by atoms with Gasteiger partial charge in [0.1, 0.15) is 11.5 Å². The Kier molecular flexibility index (Phi) is 4.02. The van der Waals surface area contributed by atoms with E-state index < -0.39 is 0 Å². The van der Waals surface area contributed by atoms with Crippen molar-refractivity contribution in [1.29, 1.82) is 0 Å².